The number of anilines is 1. The highest BCUT2D eigenvalue weighted by Gasteiger charge is 2.42. The molecule has 2 N–H and O–H groups in total. The number of nitrogens with one attached hydrogen (secondary N) is 1. The van der Waals surface area contributed by atoms with E-state index in [9.17, 15) is 9.90 Å². The van der Waals surface area contributed by atoms with Gasteiger partial charge in [0.1, 0.15) is 0 Å². The molecule has 3 aliphatic heterocycles. The molecule has 3 heterocycles. The smallest absolute Gasteiger partial charge is 0.409 e. The fourth-order valence-corrected chi connectivity index (χ4v) is 4.32. The second-order valence-electron chi connectivity index (χ2n) is 6.90. The summed E-state index contributed by atoms with van der Waals surface area (Å²) in [5, 5.41) is 12.1. The third kappa shape index (κ3) is 3.24. The highest BCUT2D eigenvalue weighted by Crippen LogP contribution is 2.47. The first-order valence-corrected chi connectivity index (χ1v) is 8.59. The lowest BCUT2D eigenvalue weighted by molar-refractivity contribution is 0.0822. The van der Waals surface area contributed by atoms with Crippen molar-refractivity contribution in [3.05, 3.63) is 54.1 Å². The molecule has 3 fully saturated rings. The van der Waals surface area contributed by atoms with E-state index < -0.39 is 6.09 Å². The molecule has 0 atom stereocenters. The van der Waals surface area contributed by atoms with Crippen LogP contribution in [0.2, 0.25) is 0 Å². The van der Waals surface area contributed by atoms with Crippen molar-refractivity contribution in [2.75, 3.05) is 25.0 Å². The maximum absolute atomic E-state index is 11.5. The predicted octanol–water partition coefficient (Wildman–Crippen LogP) is 4.60. The average Bonchev–Trinajstić information content (AvgIpc) is 2.63. The predicted molar refractivity (Wildman–Crippen MR) is 103 cm³/mol. The molecule has 2 aromatic rings. The van der Waals surface area contributed by atoms with Gasteiger partial charge in [-0.1, -0.05) is 48.5 Å². The number of piperidine rings is 3. The summed E-state index contributed by atoms with van der Waals surface area (Å²) in [6.07, 6.45) is 2.34. The van der Waals surface area contributed by atoms with Gasteiger partial charge in [0.2, 0.25) is 0 Å². The number of nitrogens with zero attached hydrogens (tertiary/aromatic N) is 1. The number of para-hydroxylation sites is 1. The molecule has 0 aromatic heterocycles. The largest absolute Gasteiger partial charge is 0.465 e. The van der Waals surface area contributed by atoms with Gasteiger partial charge in [-0.25, -0.2) is 4.79 Å². The van der Waals surface area contributed by atoms with Crippen LogP contribution in [0.15, 0.2) is 48.5 Å². The van der Waals surface area contributed by atoms with Crippen molar-refractivity contribution in [3.8, 4) is 11.1 Å². The Morgan fingerprint density at radius 3 is 2.20 bits per heavy atom. The van der Waals surface area contributed by atoms with Crippen molar-refractivity contribution >= 4 is 24.2 Å². The Morgan fingerprint density at radius 2 is 1.60 bits per heavy atom. The van der Waals surface area contributed by atoms with Gasteiger partial charge in [0.05, 0.1) is 5.69 Å². The Balaban J connectivity index is 0.00000182. The molecule has 5 rings (SSSR count). The second-order valence-corrected chi connectivity index (χ2v) is 6.90. The summed E-state index contributed by atoms with van der Waals surface area (Å²) in [5.41, 5.74) is 4.07. The van der Waals surface area contributed by atoms with Crippen LogP contribution in [0.3, 0.4) is 0 Å². The first-order chi connectivity index (χ1) is 11.7. The number of amides is 1. The van der Waals surface area contributed by atoms with E-state index in [0.29, 0.717) is 0 Å². The van der Waals surface area contributed by atoms with E-state index in [1.807, 2.05) is 36.4 Å². The molecule has 0 radical (unpaired) electrons. The number of benzene rings is 2. The first-order valence-electron chi connectivity index (χ1n) is 8.59. The molecular weight excluding hydrogens is 336 g/mol. The van der Waals surface area contributed by atoms with Crippen molar-refractivity contribution in [3.63, 3.8) is 0 Å². The van der Waals surface area contributed by atoms with E-state index in [1.165, 1.54) is 5.56 Å². The topological polar surface area (TPSA) is 52.6 Å². The average molecular weight is 359 g/mol. The normalized spacial score (nSPS) is 24.4. The van der Waals surface area contributed by atoms with Crippen LogP contribution in [0, 0.1) is 0 Å². The Hall–Kier alpha value is -2.04. The van der Waals surface area contributed by atoms with Gasteiger partial charge in [-0.15, -0.1) is 12.4 Å². The second kappa shape index (κ2) is 7.06. The van der Waals surface area contributed by atoms with E-state index in [0.717, 1.165) is 55.7 Å². The van der Waals surface area contributed by atoms with Crippen LogP contribution in [0.1, 0.15) is 24.8 Å². The third-order valence-corrected chi connectivity index (χ3v) is 5.67. The fraction of sp³-hybridized carbons (Fsp3) is 0.350. The van der Waals surface area contributed by atoms with Gasteiger partial charge >= 0.3 is 6.09 Å². The van der Waals surface area contributed by atoms with Gasteiger partial charge in [0, 0.05) is 11.0 Å². The van der Waals surface area contributed by atoms with Gasteiger partial charge in [0.15, 0.2) is 0 Å². The van der Waals surface area contributed by atoms with Crippen LogP contribution < -0.4 is 5.32 Å². The molecular formula is C20H23ClN2O2. The van der Waals surface area contributed by atoms with Gasteiger partial charge in [-0.05, 0) is 50.0 Å². The number of carboxylic acid groups (broad SMARTS) is 1. The maximum atomic E-state index is 11.5. The molecule has 4 nitrogen and oxygen atoms in total. The van der Waals surface area contributed by atoms with Crippen molar-refractivity contribution < 1.29 is 9.90 Å². The fourth-order valence-electron chi connectivity index (χ4n) is 4.32. The van der Waals surface area contributed by atoms with Crippen molar-refractivity contribution in [1.29, 1.82) is 0 Å². The van der Waals surface area contributed by atoms with Crippen LogP contribution in [-0.2, 0) is 5.41 Å². The molecule has 132 valence electrons. The SMILES string of the molecule is Cl.O=C(O)Nc1c(-c2ccccc2)cccc1C12CCN(CC1)CC2. The molecule has 0 unspecified atom stereocenters. The van der Waals surface area contributed by atoms with Gasteiger partial charge in [-0.2, -0.15) is 0 Å². The van der Waals surface area contributed by atoms with Crippen LogP contribution in [-0.4, -0.2) is 35.7 Å². The van der Waals surface area contributed by atoms with Gasteiger partial charge in [0.25, 0.3) is 0 Å². The Bertz CT molecular complexity index is 742. The molecule has 1 amide bonds. The van der Waals surface area contributed by atoms with Gasteiger partial charge in [-0.3, -0.25) is 5.32 Å². The maximum Gasteiger partial charge on any atom is 0.409 e. The molecule has 3 aliphatic rings. The Labute approximate surface area is 154 Å². The zero-order valence-corrected chi connectivity index (χ0v) is 14.9. The molecule has 0 aliphatic carbocycles. The molecule has 25 heavy (non-hydrogen) atoms. The molecule has 2 bridgehead atoms. The van der Waals surface area contributed by atoms with E-state index in [2.05, 4.69) is 22.3 Å². The van der Waals surface area contributed by atoms with Crippen molar-refractivity contribution in [1.82, 2.24) is 4.90 Å². The first kappa shape index (κ1) is 17.8. The molecule has 3 saturated heterocycles. The number of halogens is 1. The summed E-state index contributed by atoms with van der Waals surface area (Å²) >= 11 is 0. The molecule has 5 heteroatoms. The monoisotopic (exact) mass is 358 g/mol. The minimum Gasteiger partial charge on any atom is -0.465 e. The lowest BCUT2D eigenvalue weighted by Crippen LogP contribution is -2.50. The van der Waals surface area contributed by atoms with Crippen molar-refractivity contribution in [2.24, 2.45) is 0 Å². The van der Waals surface area contributed by atoms with Crippen LogP contribution >= 0.6 is 12.4 Å². The minimum atomic E-state index is -0.996. The Morgan fingerprint density at radius 1 is 0.960 bits per heavy atom. The molecule has 0 saturated carbocycles. The number of hydrogen-bond acceptors (Lipinski definition) is 2. The summed E-state index contributed by atoms with van der Waals surface area (Å²) < 4.78 is 0. The summed E-state index contributed by atoms with van der Waals surface area (Å²) in [4.78, 5) is 14.0. The highest BCUT2D eigenvalue weighted by atomic mass is 35.5. The van der Waals surface area contributed by atoms with Crippen molar-refractivity contribution in [2.45, 2.75) is 24.7 Å². The minimum absolute atomic E-state index is 0. The van der Waals surface area contributed by atoms with E-state index in [-0.39, 0.29) is 17.8 Å². The lowest BCUT2D eigenvalue weighted by Gasteiger charge is -2.49. The summed E-state index contributed by atoms with van der Waals surface area (Å²) in [5.74, 6) is 0. The van der Waals surface area contributed by atoms with Gasteiger partial charge < -0.3 is 10.0 Å². The number of carbonyl (C=O) groups is 1. The number of rotatable bonds is 3. The van der Waals surface area contributed by atoms with E-state index >= 15 is 0 Å². The molecule has 0 spiro atoms. The van der Waals surface area contributed by atoms with Crippen LogP contribution in [0.25, 0.3) is 11.1 Å². The lowest BCUT2D eigenvalue weighted by atomic mass is 9.66. The summed E-state index contributed by atoms with van der Waals surface area (Å²) in [7, 11) is 0. The standard InChI is InChI=1S/C20H22N2O2.ClH/c23-19(24)21-18-16(15-5-2-1-3-6-15)7-4-8-17(18)20-9-12-22(13-10-20)14-11-20;/h1-8,21H,9-14H2,(H,23,24);1H. The molecule has 2 aromatic carbocycles. The Kier molecular flexibility index (Phi) is 5.02. The summed E-state index contributed by atoms with van der Waals surface area (Å²) in [6.45, 7) is 3.34. The third-order valence-electron chi connectivity index (χ3n) is 5.67. The van der Waals surface area contributed by atoms with Crippen LogP contribution in [0.5, 0.6) is 0 Å². The zero-order chi connectivity index (χ0) is 16.6. The van der Waals surface area contributed by atoms with Crippen LogP contribution in [0.4, 0.5) is 10.5 Å². The van der Waals surface area contributed by atoms with E-state index in [1.54, 1.807) is 0 Å². The highest BCUT2D eigenvalue weighted by molar-refractivity contribution is 5.92. The quantitative estimate of drug-likeness (QED) is 0.842. The zero-order valence-electron chi connectivity index (χ0n) is 14.1. The summed E-state index contributed by atoms with van der Waals surface area (Å²) in [6, 6.07) is 16.2. The number of fused-ring (bicyclic) bond motifs is 3. The van der Waals surface area contributed by atoms with E-state index in [4.69, 9.17) is 0 Å². The number of hydrogen-bond donors (Lipinski definition) is 2.